The van der Waals surface area contributed by atoms with E-state index >= 15 is 0 Å². The minimum absolute atomic E-state index is 0.0383. The Hall–Kier alpha value is -0.680. The van der Waals surface area contributed by atoms with Crippen LogP contribution in [0.3, 0.4) is 0 Å². The Morgan fingerprint density at radius 3 is 2.53 bits per heavy atom. The van der Waals surface area contributed by atoms with Gasteiger partial charge in [-0.25, -0.2) is 0 Å². The first kappa shape index (κ1) is 14.4. The lowest BCUT2D eigenvalue weighted by molar-refractivity contribution is -0.139. The SMILES string of the molecule is CCCSCC(O)c1ccccc1C(F)(F)F. The summed E-state index contributed by atoms with van der Waals surface area (Å²) in [5.74, 6) is 1.13. The lowest BCUT2D eigenvalue weighted by atomic mass is 10.0. The van der Waals surface area contributed by atoms with Gasteiger partial charge in [0.1, 0.15) is 0 Å². The van der Waals surface area contributed by atoms with Gasteiger partial charge < -0.3 is 5.11 Å². The normalized spacial score (nSPS) is 13.7. The maximum atomic E-state index is 12.7. The topological polar surface area (TPSA) is 20.2 Å². The van der Waals surface area contributed by atoms with E-state index in [1.807, 2.05) is 6.92 Å². The lowest BCUT2D eigenvalue weighted by Gasteiger charge is -2.17. The first-order chi connectivity index (χ1) is 7.96. The van der Waals surface area contributed by atoms with E-state index in [1.54, 1.807) is 0 Å². The van der Waals surface area contributed by atoms with Crippen LogP contribution in [0.25, 0.3) is 0 Å². The number of aliphatic hydroxyl groups excluding tert-OH is 1. The van der Waals surface area contributed by atoms with E-state index < -0.39 is 17.8 Å². The second kappa shape index (κ2) is 6.31. The summed E-state index contributed by atoms with van der Waals surface area (Å²) in [6.07, 6.45) is -4.53. The summed E-state index contributed by atoms with van der Waals surface area (Å²) in [7, 11) is 0. The molecule has 1 atom stereocenters. The van der Waals surface area contributed by atoms with Gasteiger partial charge in [-0.2, -0.15) is 24.9 Å². The minimum atomic E-state index is -4.41. The van der Waals surface area contributed by atoms with Crippen LogP contribution < -0.4 is 0 Å². The fourth-order valence-electron chi connectivity index (χ4n) is 1.47. The Morgan fingerprint density at radius 2 is 1.94 bits per heavy atom. The van der Waals surface area contributed by atoms with Crippen molar-refractivity contribution in [2.24, 2.45) is 0 Å². The Kier molecular flexibility index (Phi) is 5.33. The van der Waals surface area contributed by atoms with E-state index in [4.69, 9.17) is 0 Å². The summed E-state index contributed by atoms with van der Waals surface area (Å²) in [6.45, 7) is 1.99. The third-order valence-corrected chi connectivity index (χ3v) is 3.50. The maximum Gasteiger partial charge on any atom is 0.416 e. The fraction of sp³-hybridized carbons (Fsp3) is 0.500. The highest BCUT2D eigenvalue weighted by Crippen LogP contribution is 2.35. The molecule has 5 heteroatoms. The summed E-state index contributed by atoms with van der Waals surface area (Å²) in [5, 5.41) is 9.77. The van der Waals surface area contributed by atoms with Crippen molar-refractivity contribution < 1.29 is 18.3 Å². The molecule has 1 nitrogen and oxygen atoms in total. The summed E-state index contributed by atoms with van der Waals surface area (Å²) in [5.41, 5.74) is -0.784. The van der Waals surface area contributed by atoms with Crippen molar-refractivity contribution in [3.8, 4) is 0 Å². The number of halogens is 3. The van der Waals surface area contributed by atoms with Crippen molar-refractivity contribution in [2.45, 2.75) is 25.6 Å². The average Bonchev–Trinajstić information content (AvgIpc) is 2.28. The molecule has 1 N–H and O–H groups in total. The summed E-state index contributed by atoms with van der Waals surface area (Å²) >= 11 is 1.46. The van der Waals surface area contributed by atoms with Gasteiger partial charge in [-0.05, 0) is 23.8 Å². The van der Waals surface area contributed by atoms with E-state index in [1.165, 1.54) is 30.0 Å². The molecular weight excluding hydrogens is 249 g/mol. The molecule has 0 heterocycles. The third-order valence-electron chi connectivity index (χ3n) is 2.25. The van der Waals surface area contributed by atoms with E-state index in [0.717, 1.165) is 18.2 Å². The second-order valence-electron chi connectivity index (χ2n) is 3.68. The molecule has 1 aromatic rings. The number of rotatable bonds is 5. The number of hydrogen-bond acceptors (Lipinski definition) is 2. The molecule has 0 aliphatic carbocycles. The monoisotopic (exact) mass is 264 g/mol. The van der Waals surface area contributed by atoms with Gasteiger partial charge in [0, 0.05) is 5.75 Å². The molecule has 0 saturated carbocycles. The number of thioether (sulfide) groups is 1. The minimum Gasteiger partial charge on any atom is -0.388 e. The summed E-state index contributed by atoms with van der Waals surface area (Å²) in [6, 6.07) is 5.18. The van der Waals surface area contributed by atoms with Crippen LogP contribution in [-0.2, 0) is 6.18 Å². The molecule has 0 saturated heterocycles. The van der Waals surface area contributed by atoms with Crippen LogP contribution in [0.4, 0.5) is 13.2 Å². The molecule has 1 unspecified atom stereocenters. The van der Waals surface area contributed by atoms with E-state index in [2.05, 4.69) is 0 Å². The molecule has 0 fully saturated rings. The smallest absolute Gasteiger partial charge is 0.388 e. The van der Waals surface area contributed by atoms with Gasteiger partial charge in [-0.15, -0.1) is 0 Å². The average molecular weight is 264 g/mol. The molecule has 0 radical (unpaired) electrons. The van der Waals surface area contributed by atoms with Crippen LogP contribution in [0.2, 0.25) is 0 Å². The zero-order valence-electron chi connectivity index (χ0n) is 9.50. The number of aliphatic hydroxyl groups is 1. The first-order valence-electron chi connectivity index (χ1n) is 5.38. The number of hydrogen-bond donors (Lipinski definition) is 1. The molecule has 1 rings (SSSR count). The third kappa shape index (κ3) is 4.24. The van der Waals surface area contributed by atoms with Crippen LogP contribution >= 0.6 is 11.8 Å². The standard InChI is InChI=1S/C12H15F3OS/c1-2-7-17-8-11(16)9-5-3-4-6-10(9)12(13,14)15/h3-6,11,16H,2,7-8H2,1H3. The first-order valence-corrected chi connectivity index (χ1v) is 6.54. The Balaban J connectivity index is 2.82. The molecule has 0 aliphatic heterocycles. The predicted octanol–water partition coefficient (Wildman–Crippen LogP) is 3.88. The van der Waals surface area contributed by atoms with Gasteiger partial charge in [0.05, 0.1) is 11.7 Å². The zero-order valence-corrected chi connectivity index (χ0v) is 10.3. The second-order valence-corrected chi connectivity index (χ2v) is 4.83. The van der Waals surface area contributed by atoms with Gasteiger partial charge in [-0.1, -0.05) is 25.1 Å². The van der Waals surface area contributed by atoms with Crippen LogP contribution in [0.1, 0.15) is 30.6 Å². The molecule has 0 aromatic heterocycles. The van der Waals surface area contributed by atoms with Crippen molar-refractivity contribution in [1.82, 2.24) is 0 Å². The van der Waals surface area contributed by atoms with Crippen LogP contribution in [0.5, 0.6) is 0 Å². The molecule has 0 spiro atoms. The Morgan fingerprint density at radius 1 is 1.29 bits per heavy atom. The van der Waals surface area contributed by atoms with Crippen LogP contribution in [0.15, 0.2) is 24.3 Å². The van der Waals surface area contributed by atoms with Crippen molar-refractivity contribution in [2.75, 3.05) is 11.5 Å². The van der Waals surface area contributed by atoms with Crippen LogP contribution in [-0.4, -0.2) is 16.6 Å². The highest BCUT2D eigenvalue weighted by molar-refractivity contribution is 7.99. The van der Waals surface area contributed by atoms with E-state index in [0.29, 0.717) is 5.75 Å². The molecule has 17 heavy (non-hydrogen) atoms. The molecule has 96 valence electrons. The van der Waals surface area contributed by atoms with E-state index in [9.17, 15) is 18.3 Å². The van der Waals surface area contributed by atoms with Crippen molar-refractivity contribution >= 4 is 11.8 Å². The molecule has 0 aliphatic rings. The summed E-state index contributed by atoms with van der Waals surface area (Å²) < 4.78 is 38.0. The van der Waals surface area contributed by atoms with Gasteiger partial charge in [-0.3, -0.25) is 0 Å². The largest absolute Gasteiger partial charge is 0.416 e. The zero-order chi connectivity index (χ0) is 12.9. The number of alkyl halides is 3. The Labute approximate surface area is 103 Å². The lowest BCUT2D eigenvalue weighted by Crippen LogP contribution is -2.13. The van der Waals surface area contributed by atoms with Gasteiger partial charge in [0.25, 0.3) is 0 Å². The predicted molar refractivity (Wildman–Crippen MR) is 64.0 cm³/mol. The van der Waals surface area contributed by atoms with Crippen LogP contribution in [0, 0.1) is 0 Å². The van der Waals surface area contributed by atoms with Gasteiger partial charge in [0.15, 0.2) is 0 Å². The molecule has 0 amide bonds. The molecular formula is C12H15F3OS. The molecule has 0 bridgehead atoms. The number of benzene rings is 1. The quantitative estimate of drug-likeness (QED) is 0.814. The fourth-order valence-corrected chi connectivity index (χ4v) is 2.33. The summed E-state index contributed by atoms with van der Waals surface area (Å²) in [4.78, 5) is 0. The highest BCUT2D eigenvalue weighted by Gasteiger charge is 2.34. The van der Waals surface area contributed by atoms with Crippen molar-refractivity contribution in [3.05, 3.63) is 35.4 Å². The van der Waals surface area contributed by atoms with Gasteiger partial charge >= 0.3 is 6.18 Å². The Bertz CT molecular complexity index is 352. The molecule has 1 aromatic carbocycles. The maximum absolute atomic E-state index is 12.7. The van der Waals surface area contributed by atoms with Crippen molar-refractivity contribution in [3.63, 3.8) is 0 Å². The highest BCUT2D eigenvalue weighted by atomic mass is 32.2. The van der Waals surface area contributed by atoms with E-state index in [-0.39, 0.29) is 5.56 Å². The van der Waals surface area contributed by atoms with Crippen molar-refractivity contribution in [1.29, 1.82) is 0 Å². The van der Waals surface area contributed by atoms with Gasteiger partial charge in [0.2, 0.25) is 0 Å².